The first kappa shape index (κ1) is 16.1. The second kappa shape index (κ2) is 7.64. The van der Waals surface area contributed by atoms with Crippen molar-refractivity contribution in [2.45, 2.75) is 13.1 Å². The van der Waals surface area contributed by atoms with Crippen molar-refractivity contribution in [3.05, 3.63) is 78.1 Å². The standard InChI is InChI=1S/C21H24N4/c1-3-7-18(8-4-1)16-24-11-13-25(14-12-24)17-20-15-22-21(23-20)19-9-5-2-6-10-19/h1-10,15H,11-14,16-17H2,(H,22,23). The van der Waals surface area contributed by atoms with Crippen LogP contribution in [-0.4, -0.2) is 45.9 Å². The summed E-state index contributed by atoms with van der Waals surface area (Å²) in [6, 6.07) is 21.0. The number of hydrogen-bond donors (Lipinski definition) is 1. The Morgan fingerprint density at radius 1 is 0.760 bits per heavy atom. The Balaban J connectivity index is 1.30. The predicted octanol–water partition coefficient (Wildman–Crippen LogP) is 3.39. The van der Waals surface area contributed by atoms with Crippen molar-refractivity contribution in [3.63, 3.8) is 0 Å². The van der Waals surface area contributed by atoms with Crippen LogP contribution in [0.3, 0.4) is 0 Å². The maximum absolute atomic E-state index is 4.53. The van der Waals surface area contributed by atoms with Gasteiger partial charge in [-0.05, 0) is 5.56 Å². The summed E-state index contributed by atoms with van der Waals surface area (Å²) in [6.45, 7) is 6.44. The average molecular weight is 332 g/mol. The van der Waals surface area contributed by atoms with Crippen molar-refractivity contribution >= 4 is 0 Å². The number of imidazole rings is 1. The summed E-state index contributed by atoms with van der Waals surface area (Å²) in [5.41, 5.74) is 3.73. The van der Waals surface area contributed by atoms with Crippen LogP contribution in [0, 0.1) is 0 Å². The third kappa shape index (κ3) is 4.16. The van der Waals surface area contributed by atoms with E-state index in [0.717, 1.165) is 50.7 Å². The average Bonchev–Trinajstić information content (AvgIpc) is 3.14. The number of nitrogens with one attached hydrogen (secondary N) is 1. The first-order valence-corrected chi connectivity index (χ1v) is 8.95. The molecule has 1 fully saturated rings. The van der Waals surface area contributed by atoms with Gasteiger partial charge in [0, 0.05) is 56.7 Å². The first-order chi connectivity index (χ1) is 12.4. The van der Waals surface area contributed by atoms with E-state index in [2.05, 4.69) is 62.2 Å². The minimum absolute atomic E-state index is 0.943. The zero-order valence-corrected chi connectivity index (χ0v) is 14.4. The molecule has 128 valence electrons. The van der Waals surface area contributed by atoms with Crippen molar-refractivity contribution in [1.82, 2.24) is 19.8 Å². The number of nitrogens with zero attached hydrogens (tertiary/aromatic N) is 3. The highest BCUT2D eigenvalue weighted by atomic mass is 15.3. The van der Waals surface area contributed by atoms with Crippen molar-refractivity contribution in [2.24, 2.45) is 0 Å². The van der Waals surface area contributed by atoms with E-state index < -0.39 is 0 Å². The number of aromatic nitrogens is 2. The molecule has 1 N–H and O–H groups in total. The molecule has 3 aromatic rings. The van der Waals surface area contributed by atoms with E-state index in [1.807, 2.05) is 24.4 Å². The highest BCUT2D eigenvalue weighted by Gasteiger charge is 2.17. The lowest BCUT2D eigenvalue weighted by Crippen LogP contribution is -2.45. The highest BCUT2D eigenvalue weighted by Crippen LogP contribution is 2.16. The SMILES string of the molecule is c1ccc(CN2CCN(Cc3cnc(-c4ccccc4)[nH]3)CC2)cc1. The van der Waals surface area contributed by atoms with Crippen LogP contribution in [0.25, 0.3) is 11.4 Å². The molecule has 1 aliphatic rings. The number of aromatic amines is 1. The van der Waals surface area contributed by atoms with Crippen LogP contribution in [0.2, 0.25) is 0 Å². The number of hydrogen-bond acceptors (Lipinski definition) is 3. The van der Waals surface area contributed by atoms with Crippen molar-refractivity contribution in [2.75, 3.05) is 26.2 Å². The molecular formula is C21H24N4. The fourth-order valence-corrected chi connectivity index (χ4v) is 3.37. The van der Waals surface area contributed by atoms with Gasteiger partial charge in [-0.15, -0.1) is 0 Å². The van der Waals surface area contributed by atoms with Gasteiger partial charge in [0.1, 0.15) is 5.82 Å². The third-order valence-corrected chi connectivity index (χ3v) is 4.78. The van der Waals surface area contributed by atoms with Gasteiger partial charge in [-0.3, -0.25) is 9.80 Å². The molecule has 0 aliphatic carbocycles. The molecule has 4 nitrogen and oxygen atoms in total. The van der Waals surface area contributed by atoms with Gasteiger partial charge in [0.05, 0.1) is 0 Å². The van der Waals surface area contributed by atoms with Gasteiger partial charge in [-0.25, -0.2) is 4.98 Å². The fraction of sp³-hybridized carbons (Fsp3) is 0.286. The van der Waals surface area contributed by atoms with Gasteiger partial charge in [-0.2, -0.15) is 0 Å². The lowest BCUT2D eigenvalue weighted by atomic mass is 10.2. The molecule has 0 unspecified atom stereocenters. The van der Waals surface area contributed by atoms with Crippen LogP contribution < -0.4 is 0 Å². The van der Waals surface area contributed by atoms with E-state index in [9.17, 15) is 0 Å². The van der Waals surface area contributed by atoms with Crippen LogP contribution in [0.5, 0.6) is 0 Å². The minimum atomic E-state index is 0.943. The van der Waals surface area contributed by atoms with E-state index >= 15 is 0 Å². The van der Waals surface area contributed by atoms with Crippen molar-refractivity contribution in [1.29, 1.82) is 0 Å². The summed E-state index contributed by atoms with van der Waals surface area (Å²) in [4.78, 5) is 13.0. The molecule has 0 atom stereocenters. The van der Waals surface area contributed by atoms with Crippen LogP contribution in [0.15, 0.2) is 66.9 Å². The maximum atomic E-state index is 4.53. The lowest BCUT2D eigenvalue weighted by Gasteiger charge is -2.34. The zero-order chi connectivity index (χ0) is 16.9. The Hall–Kier alpha value is -2.43. The summed E-state index contributed by atoms with van der Waals surface area (Å²) < 4.78 is 0. The molecular weight excluding hydrogens is 308 g/mol. The van der Waals surface area contributed by atoms with Gasteiger partial charge in [0.15, 0.2) is 0 Å². The third-order valence-electron chi connectivity index (χ3n) is 4.78. The van der Waals surface area contributed by atoms with Gasteiger partial charge < -0.3 is 4.98 Å². The molecule has 2 heterocycles. The Bertz CT molecular complexity index is 774. The largest absolute Gasteiger partial charge is 0.341 e. The Morgan fingerprint density at radius 3 is 2.04 bits per heavy atom. The summed E-state index contributed by atoms with van der Waals surface area (Å²) in [5, 5.41) is 0. The Kier molecular flexibility index (Phi) is 4.91. The van der Waals surface area contributed by atoms with Crippen LogP contribution >= 0.6 is 0 Å². The molecule has 0 bridgehead atoms. The summed E-state index contributed by atoms with van der Waals surface area (Å²) in [6.07, 6.45) is 1.97. The number of benzene rings is 2. The second-order valence-corrected chi connectivity index (χ2v) is 6.66. The molecule has 0 saturated carbocycles. The molecule has 0 spiro atoms. The summed E-state index contributed by atoms with van der Waals surface area (Å²) in [5.74, 6) is 0.957. The van der Waals surface area contributed by atoms with Crippen LogP contribution in [-0.2, 0) is 13.1 Å². The number of H-pyrrole nitrogens is 1. The molecule has 25 heavy (non-hydrogen) atoms. The summed E-state index contributed by atoms with van der Waals surface area (Å²) >= 11 is 0. The summed E-state index contributed by atoms with van der Waals surface area (Å²) in [7, 11) is 0. The van der Waals surface area contributed by atoms with Gasteiger partial charge in [0.25, 0.3) is 0 Å². The quantitative estimate of drug-likeness (QED) is 0.778. The van der Waals surface area contributed by atoms with E-state index in [-0.39, 0.29) is 0 Å². The van der Waals surface area contributed by atoms with Gasteiger partial charge in [-0.1, -0.05) is 60.7 Å². The van der Waals surface area contributed by atoms with Gasteiger partial charge in [0.2, 0.25) is 0 Å². The smallest absolute Gasteiger partial charge is 0.137 e. The second-order valence-electron chi connectivity index (χ2n) is 6.66. The Labute approximate surface area is 149 Å². The highest BCUT2D eigenvalue weighted by molar-refractivity contribution is 5.54. The molecule has 4 rings (SSSR count). The van der Waals surface area contributed by atoms with Crippen molar-refractivity contribution in [3.8, 4) is 11.4 Å². The maximum Gasteiger partial charge on any atom is 0.137 e. The first-order valence-electron chi connectivity index (χ1n) is 8.95. The van der Waals surface area contributed by atoms with E-state index in [1.54, 1.807) is 0 Å². The molecule has 2 aromatic carbocycles. The van der Waals surface area contributed by atoms with Crippen LogP contribution in [0.4, 0.5) is 0 Å². The van der Waals surface area contributed by atoms with Crippen LogP contribution in [0.1, 0.15) is 11.3 Å². The molecule has 1 saturated heterocycles. The minimum Gasteiger partial charge on any atom is -0.341 e. The monoisotopic (exact) mass is 332 g/mol. The molecule has 0 amide bonds. The Morgan fingerprint density at radius 2 is 1.36 bits per heavy atom. The topological polar surface area (TPSA) is 35.2 Å². The lowest BCUT2D eigenvalue weighted by molar-refractivity contribution is 0.121. The van der Waals surface area contributed by atoms with Crippen molar-refractivity contribution < 1.29 is 0 Å². The number of rotatable bonds is 5. The molecule has 1 aliphatic heterocycles. The van der Waals surface area contributed by atoms with E-state index in [1.165, 1.54) is 11.3 Å². The molecule has 0 radical (unpaired) electrons. The van der Waals surface area contributed by atoms with Gasteiger partial charge >= 0.3 is 0 Å². The fourth-order valence-electron chi connectivity index (χ4n) is 3.37. The molecule has 1 aromatic heterocycles. The van der Waals surface area contributed by atoms with E-state index in [0.29, 0.717) is 0 Å². The van der Waals surface area contributed by atoms with E-state index in [4.69, 9.17) is 0 Å². The normalized spacial score (nSPS) is 16.2. The molecule has 4 heteroatoms. The predicted molar refractivity (Wildman–Crippen MR) is 101 cm³/mol. The zero-order valence-electron chi connectivity index (χ0n) is 14.4. The number of piperazine rings is 1.